The molecule has 2 aromatic rings. The third kappa shape index (κ3) is 6.25. The smallest absolute Gasteiger partial charge is 0.275 e. The minimum absolute atomic E-state index is 0.0748. The number of amides is 2. The van der Waals surface area contributed by atoms with Crippen molar-refractivity contribution < 1.29 is 14.4 Å². The Kier molecular flexibility index (Phi) is 7.82. The first-order chi connectivity index (χ1) is 15.1. The van der Waals surface area contributed by atoms with Crippen molar-refractivity contribution in [1.29, 1.82) is 0 Å². The van der Waals surface area contributed by atoms with Crippen LogP contribution in [0.5, 0.6) is 0 Å². The van der Waals surface area contributed by atoms with Gasteiger partial charge in [0.05, 0.1) is 5.01 Å². The van der Waals surface area contributed by atoms with Crippen LogP contribution in [0.4, 0.5) is 5.69 Å². The summed E-state index contributed by atoms with van der Waals surface area (Å²) in [6.45, 7) is 9.33. The van der Waals surface area contributed by atoms with Crippen molar-refractivity contribution in [3.05, 3.63) is 45.9 Å². The third-order valence-electron chi connectivity index (χ3n) is 5.85. The average Bonchev–Trinajstić information content (AvgIpc) is 3.23. The molecule has 172 valence electrons. The van der Waals surface area contributed by atoms with E-state index in [1.165, 1.54) is 11.3 Å². The zero-order valence-corrected chi connectivity index (χ0v) is 20.3. The van der Waals surface area contributed by atoms with Gasteiger partial charge in [0.2, 0.25) is 5.91 Å². The van der Waals surface area contributed by atoms with Gasteiger partial charge in [-0.2, -0.15) is 0 Å². The quantitative estimate of drug-likeness (QED) is 0.625. The fourth-order valence-corrected chi connectivity index (χ4v) is 5.01. The second kappa shape index (κ2) is 10.4. The molecule has 1 aromatic heterocycles. The zero-order valence-electron chi connectivity index (χ0n) is 19.4. The Morgan fingerprint density at radius 1 is 1.12 bits per heavy atom. The standard InChI is InChI=1S/C25H33N3O3S/c1-17(29)8-7-11-22(30)28-14-12-18(13-15-28)24-27-21(16-32-24)23(31)26-20-10-6-5-9-19(20)25(2,3)4/h5-6,9-10,16,18H,7-8,11-15H2,1-4H3,(H,26,31). The van der Waals surface area contributed by atoms with Crippen LogP contribution in [0.15, 0.2) is 29.6 Å². The molecule has 3 rings (SSSR count). The first-order valence-corrected chi connectivity index (χ1v) is 12.2. The molecule has 0 unspecified atom stereocenters. The molecule has 6 nitrogen and oxygen atoms in total. The maximum atomic E-state index is 12.8. The number of ketones is 1. The number of rotatable bonds is 7. The van der Waals surface area contributed by atoms with Crippen LogP contribution in [0.2, 0.25) is 0 Å². The number of hydrogen-bond donors (Lipinski definition) is 1. The molecule has 0 saturated carbocycles. The summed E-state index contributed by atoms with van der Waals surface area (Å²) in [5.41, 5.74) is 2.27. The van der Waals surface area contributed by atoms with Gasteiger partial charge >= 0.3 is 0 Å². The fourth-order valence-electron chi connectivity index (χ4n) is 4.03. The normalized spacial score (nSPS) is 14.9. The Morgan fingerprint density at radius 2 is 1.81 bits per heavy atom. The van der Waals surface area contributed by atoms with Crippen LogP contribution in [0.25, 0.3) is 0 Å². The molecule has 1 N–H and O–H groups in total. The molecule has 7 heteroatoms. The number of nitrogens with one attached hydrogen (secondary N) is 1. The van der Waals surface area contributed by atoms with Gasteiger partial charge in [0.1, 0.15) is 11.5 Å². The predicted molar refractivity (Wildman–Crippen MR) is 128 cm³/mol. The maximum Gasteiger partial charge on any atom is 0.275 e. The number of aromatic nitrogens is 1. The lowest BCUT2D eigenvalue weighted by Crippen LogP contribution is -2.37. The van der Waals surface area contributed by atoms with Crippen molar-refractivity contribution in [3.63, 3.8) is 0 Å². The third-order valence-corrected chi connectivity index (χ3v) is 6.86. The minimum Gasteiger partial charge on any atom is -0.343 e. The number of likely N-dealkylation sites (tertiary alicyclic amines) is 1. The van der Waals surface area contributed by atoms with Crippen LogP contribution >= 0.6 is 11.3 Å². The summed E-state index contributed by atoms with van der Waals surface area (Å²) in [7, 11) is 0. The summed E-state index contributed by atoms with van der Waals surface area (Å²) >= 11 is 1.52. The molecule has 0 aliphatic carbocycles. The lowest BCUT2D eigenvalue weighted by molar-refractivity contribution is -0.132. The maximum absolute atomic E-state index is 12.8. The van der Waals surface area contributed by atoms with E-state index in [0.717, 1.165) is 29.1 Å². The van der Waals surface area contributed by atoms with Gasteiger partial charge in [-0.15, -0.1) is 11.3 Å². The van der Waals surface area contributed by atoms with Gasteiger partial charge in [0.25, 0.3) is 5.91 Å². The molecule has 1 aliphatic rings. The van der Waals surface area contributed by atoms with Crippen molar-refractivity contribution in [2.24, 2.45) is 0 Å². The van der Waals surface area contributed by atoms with Gasteiger partial charge in [-0.05, 0) is 43.2 Å². The molecular formula is C25H33N3O3S. The van der Waals surface area contributed by atoms with Gasteiger partial charge in [0, 0.05) is 42.9 Å². The van der Waals surface area contributed by atoms with E-state index in [2.05, 4.69) is 31.1 Å². The van der Waals surface area contributed by atoms with E-state index in [0.29, 0.717) is 38.0 Å². The molecule has 0 spiro atoms. The Morgan fingerprint density at radius 3 is 2.47 bits per heavy atom. The molecule has 2 heterocycles. The topological polar surface area (TPSA) is 79.4 Å². The van der Waals surface area contributed by atoms with Crippen LogP contribution in [0.1, 0.15) is 86.8 Å². The van der Waals surface area contributed by atoms with E-state index < -0.39 is 0 Å². The highest BCUT2D eigenvalue weighted by Crippen LogP contribution is 2.32. The number of piperidine rings is 1. The molecule has 0 bridgehead atoms. The Labute approximate surface area is 194 Å². The summed E-state index contributed by atoms with van der Waals surface area (Å²) in [5.74, 6) is 0.329. The molecule has 2 amide bonds. The Hall–Kier alpha value is -2.54. The first-order valence-electron chi connectivity index (χ1n) is 11.3. The number of para-hydroxylation sites is 1. The highest BCUT2D eigenvalue weighted by Gasteiger charge is 2.26. The van der Waals surface area contributed by atoms with E-state index in [4.69, 9.17) is 0 Å². The number of nitrogens with zero attached hydrogens (tertiary/aromatic N) is 2. The van der Waals surface area contributed by atoms with Gasteiger partial charge in [0.15, 0.2) is 0 Å². The van der Waals surface area contributed by atoms with Gasteiger partial charge in [-0.25, -0.2) is 4.98 Å². The second-order valence-corrected chi connectivity index (χ2v) is 10.4. The monoisotopic (exact) mass is 455 g/mol. The summed E-state index contributed by atoms with van der Waals surface area (Å²) in [5, 5.41) is 5.81. The first kappa shape index (κ1) is 24.1. The van der Waals surface area contributed by atoms with Crippen LogP contribution < -0.4 is 5.32 Å². The van der Waals surface area contributed by atoms with Gasteiger partial charge in [-0.1, -0.05) is 39.0 Å². The highest BCUT2D eigenvalue weighted by atomic mass is 32.1. The van der Waals surface area contributed by atoms with Crippen molar-refractivity contribution in [2.75, 3.05) is 18.4 Å². The van der Waals surface area contributed by atoms with E-state index >= 15 is 0 Å². The zero-order chi connectivity index (χ0) is 23.3. The van der Waals surface area contributed by atoms with Crippen LogP contribution in [0, 0.1) is 0 Å². The molecule has 0 atom stereocenters. The van der Waals surface area contributed by atoms with E-state index in [-0.39, 0.29) is 28.9 Å². The lowest BCUT2D eigenvalue weighted by atomic mass is 9.86. The predicted octanol–water partition coefficient (Wildman–Crippen LogP) is 5.16. The molecule has 1 saturated heterocycles. The van der Waals surface area contributed by atoms with Gasteiger partial charge in [-0.3, -0.25) is 9.59 Å². The summed E-state index contributed by atoms with van der Waals surface area (Å²) in [4.78, 5) is 42.7. The van der Waals surface area contributed by atoms with Gasteiger partial charge < -0.3 is 15.0 Å². The number of hydrogen-bond acceptors (Lipinski definition) is 5. The molecule has 1 aromatic carbocycles. The molecule has 32 heavy (non-hydrogen) atoms. The van der Waals surface area contributed by atoms with E-state index in [9.17, 15) is 14.4 Å². The van der Waals surface area contributed by atoms with Crippen LogP contribution in [-0.2, 0) is 15.0 Å². The second-order valence-electron chi connectivity index (χ2n) is 9.53. The van der Waals surface area contributed by atoms with E-state index in [1.54, 1.807) is 6.92 Å². The van der Waals surface area contributed by atoms with E-state index in [1.807, 2.05) is 34.5 Å². The van der Waals surface area contributed by atoms with Crippen LogP contribution in [-0.4, -0.2) is 40.6 Å². The average molecular weight is 456 g/mol. The number of carbonyl (C=O) groups excluding carboxylic acids is 3. The SMILES string of the molecule is CC(=O)CCCC(=O)N1CCC(c2nc(C(=O)Nc3ccccc3C(C)(C)C)cs2)CC1. The fraction of sp³-hybridized carbons (Fsp3) is 0.520. The molecule has 1 fully saturated rings. The van der Waals surface area contributed by atoms with Crippen molar-refractivity contribution in [2.45, 2.75) is 71.1 Å². The highest BCUT2D eigenvalue weighted by molar-refractivity contribution is 7.10. The van der Waals surface area contributed by atoms with Crippen molar-refractivity contribution >= 4 is 34.6 Å². The molecular weight excluding hydrogens is 422 g/mol. The summed E-state index contributed by atoms with van der Waals surface area (Å²) in [6.07, 6.45) is 3.21. The van der Waals surface area contributed by atoms with Crippen LogP contribution in [0.3, 0.4) is 0 Å². The number of Topliss-reactive ketones (excluding diaryl/α,β-unsaturated/α-hetero) is 1. The largest absolute Gasteiger partial charge is 0.343 e. The molecule has 0 radical (unpaired) electrons. The number of benzene rings is 1. The van der Waals surface area contributed by atoms with Crippen molar-refractivity contribution in [1.82, 2.24) is 9.88 Å². The summed E-state index contributed by atoms with van der Waals surface area (Å²) < 4.78 is 0. The van der Waals surface area contributed by atoms with Crippen molar-refractivity contribution in [3.8, 4) is 0 Å². The minimum atomic E-state index is -0.192. The lowest BCUT2D eigenvalue weighted by Gasteiger charge is -2.31. The number of anilines is 1. The number of thiazole rings is 1. The number of carbonyl (C=O) groups is 3. The Balaban J connectivity index is 1.56. The molecule has 1 aliphatic heterocycles. The summed E-state index contributed by atoms with van der Waals surface area (Å²) in [6, 6.07) is 7.87. The Bertz CT molecular complexity index is 969.